The number of aromatic nitrogens is 1. The van der Waals surface area contributed by atoms with E-state index in [1.165, 1.54) is 11.3 Å². The average Bonchev–Trinajstić information content (AvgIpc) is 3.16. The lowest BCUT2D eigenvalue weighted by molar-refractivity contribution is 0.348. The maximum Gasteiger partial charge on any atom is 0.209 e. The van der Waals surface area contributed by atoms with Crippen LogP contribution >= 0.6 is 11.3 Å². The van der Waals surface area contributed by atoms with Crippen LogP contribution in [0.5, 0.6) is 23.0 Å². The largest absolute Gasteiger partial charge is 0.507 e. The number of phenolic OH excluding ortho intramolecular Hbond substituents is 1. The molecule has 1 heterocycles. The molecule has 0 saturated carbocycles. The van der Waals surface area contributed by atoms with E-state index in [4.69, 9.17) is 19.2 Å². The smallest absolute Gasteiger partial charge is 0.209 e. The van der Waals surface area contributed by atoms with Crippen LogP contribution in [0.1, 0.15) is 42.5 Å². The van der Waals surface area contributed by atoms with E-state index in [0.29, 0.717) is 28.6 Å². The Balaban J connectivity index is 2.00. The highest BCUT2D eigenvalue weighted by molar-refractivity contribution is 7.15. The van der Waals surface area contributed by atoms with Gasteiger partial charge in [-0.1, -0.05) is 44.2 Å². The van der Waals surface area contributed by atoms with Crippen molar-refractivity contribution in [1.29, 1.82) is 0 Å². The van der Waals surface area contributed by atoms with Gasteiger partial charge in [0.05, 0.1) is 27.0 Å². The lowest BCUT2D eigenvalue weighted by Gasteiger charge is -2.18. The zero-order chi connectivity index (χ0) is 22.6. The van der Waals surface area contributed by atoms with Crippen molar-refractivity contribution in [2.75, 3.05) is 21.3 Å². The number of hydrogen-bond donors (Lipinski definition) is 1. The second-order valence-electron chi connectivity index (χ2n) is 8.03. The molecule has 2 aromatic carbocycles. The summed E-state index contributed by atoms with van der Waals surface area (Å²) in [6.07, 6.45) is 2.27. The van der Waals surface area contributed by atoms with Gasteiger partial charge in [0, 0.05) is 40.1 Å². The second kappa shape index (κ2) is 9.39. The molecule has 3 aromatic rings. The van der Waals surface area contributed by atoms with Crippen LogP contribution in [-0.4, -0.2) is 37.6 Å². The Morgan fingerprint density at radius 2 is 1.65 bits per heavy atom. The van der Waals surface area contributed by atoms with Crippen LogP contribution in [0.15, 0.2) is 41.4 Å². The molecule has 6 nitrogen and oxygen atoms in total. The normalized spacial score (nSPS) is 11.7. The van der Waals surface area contributed by atoms with Gasteiger partial charge in [0.1, 0.15) is 11.5 Å². The molecule has 0 radical (unpaired) electrons. The summed E-state index contributed by atoms with van der Waals surface area (Å²) in [6, 6.07) is 10.9. The van der Waals surface area contributed by atoms with E-state index in [-0.39, 0.29) is 11.2 Å². The number of phenols is 1. The fraction of sp³-hybridized carbons (Fsp3) is 0.333. The van der Waals surface area contributed by atoms with Crippen LogP contribution in [0.2, 0.25) is 0 Å². The van der Waals surface area contributed by atoms with Gasteiger partial charge in [-0.2, -0.15) is 0 Å². The van der Waals surface area contributed by atoms with Crippen molar-refractivity contribution in [3.05, 3.63) is 58.1 Å². The molecule has 0 fully saturated rings. The van der Waals surface area contributed by atoms with E-state index >= 15 is 0 Å². The first-order valence-corrected chi connectivity index (χ1v) is 10.7. The minimum Gasteiger partial charge on any atom is -0.507 e. The first-order chi connectivity index (χ1) is 14.8. The van der Waals surface area contributed by atoms with E-state index in [0.717, 1.165) is 21.9 Å². The van der Waals surface area contributed by atoms with Gasteiger partial charge in [0.15, 0.2) is 11.5 Å². The van der Waals surface area contributed by atoms with Gasteiger partial charge in [-0.3, -0.25) is 0 Å². The fourth-order valence-corrected chi connectivity index (χ4v) is 4.36. The van der Waals surface area contributed by atoms with Crippen molar-refractivity contribution >= 4 is 22.7 Å². The third-order valence-corrected chi connectivity index (χ3v) is 5.75. The van der Waals surface area contributed by atoms with Crippen LogP contribution in [0.3, 0.4) is 0 Å². The molecule has 0 atom stereocenters. The molecule has 31 heavy (non-hydrogen) atoms. The molecular weight excluding hydrogens is 412 g/mol. The standard InChI is InChI=1S/C24H28N2O4S/c1-24(2,3)22-21(12-16-11-19(29-5)20(30-6)13-18(16)28-4)31-23(26-22)25-14-15-9-7-8-10-17(15)27/h7-11,13-14,27H,12H2,1-6H3/b25-14+. The Bertz CT molecular complexity index is 1080. The Labute approximate surface area is 187 Å². The molecule has 0 amide bonds. The second-order valence-corrected chi connectivity index (χ2v) is 9.09. The van der Waals surface area contributed by atoms with Crippen molar-refractivity contribution in [2.24, 2.45) is 4.99 Å². The Morgan fingerprint density at radius 1 is 1.00 bits per heavy atom. The number of nitrogens with zero attached hydrogens (tertiary/aromatic N) is 2. The third kappa shape index (κ3) is 5.17. The third-order valence-electron chi connectivity index (χ3n) is 4.78. The van der Waals surface area contributed by atoms with E-state index in [2.05, 4.69) is 25.8 Å². The van der Waals surface area contributed by atoms with Gasteiger partial charge in [-0.15, -0.1) is 0 Å². The summed E-state index contributed by atoms with van der Waals surface area (Å²) < 4.78 is 16.5. The topological polar surface area (TPSA) is 73.2 Å². The number of rotatable bonds is 7. The summed E-state index contributed by atoms with van der Waals surface area (Å²) in [5.74, 6) is 2.19. The van der Waals surface area contributed by atoms with Crippen molar-refractivity contribution < 1.29 is 19.3 Å². The molecule has 0 aliphatic rings. The van der Waals surface area contributed by atoms with Crippen LogP contribution in [-0.2, 0) is 11.8 Å². The number of thiazole rings is 1. The fourth-order valence-electron chi connectivity index (χ4n) is 3.23. The maximum absolute atomic E-state index is 9.98. The Kier molecular flexibility index (Phi) is 6.85. The summed E-state index contributed by atoms with van der Waals surface area (Å²) in [4.78, 5) is 10.4. The first-order valence-electron chi connectivity index (χ1n) is 9.88. The van der Waals surface area contributed by atoms with E-state index in [1.54, 1.807) is 39.7 Å². The Hall–Kier alpha value is -3.06. The number of hydrogen-bond acceptors (Lipinski definition) is 7. The van der Waals surface area contributed by atoms with Crippen molar-refractivity contribution in [3.63, 3.8) is 0 Å². The van der Waals surface area contributed by atoms with Crippen LogP contribution in [0.4, 0.5) is 5.13 Å². The number of methoxy groups -OCH3 is 3. The van der Waals surface area contributed by atoms with Crippen LogP contribution < -0.4 is 14.2 Å². The predicted octanol–water partition coefficient (Wildman–Crippen LogP) is 5.51. The highest BCUT2D eigenvalue weighted by atomic mass is 32.1. The minimum atomic E-state index is -0.154. The summed E-state index contributed by atoms with van der Waals surface area (Å²) in [5, 5.41) is 10.6. The molecular formula is C24H28N2O4S. The van der Waals surface area contributed by atoms with Crippen LogP contribution in [0, 0.1) is 0 Å². The maximum atomic E-state index is 9.98. The van der Waals surface area contributed by atoms with E-state index in [9.17, 15) is 5.11 Å². The molecule has 0 saturated heterocycles. The lowest BCUT2D eigenvalue weighted by Crippen LogP contribution is -2.14. The molecule has 164 valence electrons. The number of aliphatic imine (C=N–C) groups is 1. The molecule has 1 N–H and O–H groups in total. The molecule has 0 aliphatic carbocycles. The molecule has 0 spiro atoms. The number of ether oxygens (including phenoxy) is 3. The highest BCUT2D eigenvalue weighted by Crippen LogP contribution is 2.39. The number of benzene rings is 2. The highest BCUT2D eigenvalue weighted by Gasteiger charge is 2.24. The monoisotopic (exact) mass is 440 g/mol. The number of aromatic hydroxyl groups is 1. The predicted molar refractivity (Wildman–Crippen MR) is 125 cm³/mol. The van der Waals surface area contributed by atoms with E-state index in [1.807, 2.05) is 24.3 Å². The zero-order valence-corrected chi connectivity index (χ0v) is 19.5. The molecule has 0 aliphatic heterocycles. The van der Waals surface area contributed by atoms with Gasteiger partial charge in [-0.25, -0.2) is 9.98 Å². The average molecular weight is 441 g/mol. The van der Waals surface area contributed by atoms with Gasteiger partial charge in [-0.05, 0) is 18.2 Å². The summed E-state index contributed by atoms with van der Waals surface area (Å²) in [5.41, 5.74) is 2.46. The summed E-state index contributed by atoms with van der Waals surface area (Å²) in [7, 11) is 4.87. The molecule has 1 aromatic heterocycles. The lowest BCUT2D eigenvalue weighted by atomic mass is 9.90. The number of para-hydroxylation sites is 1. The van der Waals surface area contributed by atoms with Crippen LogP contribution in [0.25, 0.3) is 0 Å². The molecule has 7 heteroatoms. The quantitative estimate of drug-likeness (QED) is 0.490. The SMILES string of the molecule is COc1cc(OC)c(OC)cc1Cc1sc(/N=C/c2ccccc2O)nc1C(C)(C)C. The molecule has 0 unspecified atom stereocenters. The van der Waals surface area contributed by atoms with E-state index < -0.39 is 0 Å². The van der Waals surface area contributed by atoms with Crippen molar-refractivity contribution in [1.82, 2.24) is 4.98 Å². The zero-order valence-electron chi connectivity index (χ0n) is 18.7. The molecule has 3 rings (SSSR count). The van der Waals surface area contributed by atoms with Gasteiger partial charge in [0.25, 0.3) is 0 Å². The van der Waals surface area contributed by atoms with Gasteiger partial charge >= 0.3 is 0 Å². The minimum absolute atomic E-state index is 0.154. The summed E-state index contributed by atoms with van der Waals surface area (Å²) >= 11 is 1.53. The summed E-state index contributed by atoms with van der Waals surface area (Å²) in [6.45, 7) is 6.40. The van der Waals surface area contributed by atoms with Gasteiger partial charge < -0.3 is 19.3 Å². The molecule has 0 bridgehead atoms. The first kappa shape index (κ1) is 22.6. The van der Waals surface area contributed by atoms with Crippen molar-refractivity contribution in [2.45, 2.75) is 32.6 Å². The Morgan fingerprint density at radius 3 is 2.26 bits per heavy atom. The van der Waals surface area contributed by atoms with Gasteiger partial charge in [0.2, 0.25) is 5.13 Å². The van der Waals surface area contributed by atoms with Crippen molar-refractivity contribution in [3.8, 4) is 23.0 Å².